The van der Waals surface area contributed by atoms with Gasteiger partial charge in [-0.25, -0.2) is 13.2 Å². The molecule has 0 aromatic heterocycles. The summed E-state index contributed by atoms with van der Waals surface area (Å²) in [6.07, 6.45) is -0.502. The molecule has 1 unspecified atom stereocenters. The van der Waals surface area contributed by atoms with Gasteiger partial charge >= 0.3 is 6.09 Å². The SMILES string of the molecule is CN=C(NCC(NC(=O)OC(C)(C)C)c1ccccc1)N1CCS(=O)(=O)C(C)(C)C1. The molecule has 30 heavy (non-hydrogen) atoms. The Bertz CT molecular complexity index is 861. The zero-order chi connectivity index (χ0) is 22.6. The average molecular weight is 439 g/mol. The first-order valence-corrected chi connectivity index (χ1v) is 11.7. The Balaban J connectivity index is 2.11. The molecule has 2 rings (SSSR count). The fourth-order valence-electron chi connectivity index (χ4n) is 3.24. The van der Waals surface area contributed by atoms with Crippen LogP contribution in [-0.4, -0.2) is 68.2 Å². The van der Waals surface area contributed by atoms with Gasteiger partial charge in [-0.3, -0.25) is 4.99 Å². The van der Waals surface area contributed by atoms with Gasteiger partial charge in [-0.2, -0.15) is 0 Å². The van der Waals surface area contributed by atoms with Crippen LogP contribution in [0.5, 0.6) is 0 Å². The number of ether oxygens (including phenoxy) is 1. The lowest BCUT2D eigenvalue weighted by Crippen LogP contribution is -2.57. The average Bonchev–Trinajstić information content (AvgIpc) is 2.63. The fourth-order valence-corrected chi connectivity index (χ4v) is 4.60. The van der Waals surface area contributed by atoms with E-state index in [2.05, 4.69) is 15.6 Å². The number of amides is 1. The smallest absolute Gasteiger partial charge is 0.408 e. The van der Waals surface area contributed by atoms with Crippen LogP contribution in [-0.2, 0) is 14.6 Å². The molecule has 1 amide bonds. The number of aliphatic imine (C=N–C) groups is 1. The molecule has 1 fully saturated rings. The van der Waals surface area contributed by atoms with Crippen LogP contribution < -0.4 is 10.6 Å². The zero-order valence-corrected chi connectivity index (χ0v) is 19.5. The Morgan fingerprint density at radius 1 is 1.27 bits per heavy atom. The molecule has 1 aromatic rings. The predicted octanol–water partition coefficient (Wildman–Crippen LogP) is 2.34. The lowest BCUT2D eigenvalue weighted by molar-refractivity contribution is 0.0504. The highest BCUT2D eigenvalue weighted by Gasteiger charge is 2.41. The molecule has 1 aliphatic heterocycles. The Morgan fingerprint density at radius 3 is 2.43 bits per heavy atom. The van der Waals surface area contributed by atoms with Crippen molar-refractivity contribution in [1.29, 1.82) is 0 Å². The normalized spacial score (nSPS) is 19.7. The van der Waals surface area contributed by atoms with E-state index in [0.717, 1.165) is 5.56 Å². The quantitative estimate of drug-likeness (QED) is 0.553. The van der Waals surface area contributed by atoms with E-state index in [0.29, 0.717) is 25.6 Å². The van der Waals surface area contributed by atoms with Gasteiger partial charge in [-0.15, -0.1) is 0 Å². The number of hydrogen-bond acceptors (Lipinski definition) is 5. The first kappa shape index (κ1) is 24.0. The Labute approximate surface area is 180 Å². The van der Waals surface area contributed by atoms with E-state index in [4.69, 9.17) is 4.74 Å². The molecule has 1 aliphatic rings. The molecule has 8 nitrogen and oxygen atoms in total. The van der Waals surface area contributed by atoms with Crippen LogP contribution in [0.3, 0.4) is 0 Å². The summed E-state index contributed by atoms with van der Waals surface area (Å²) in [5.74, 6) is 0.684. The second-order valence-electron chi connectivity index (χ2n) is 9.04. The number of benzene rings is 1. The first-order valence-electron chi connectivity index (χ1n) is 10.1. The van der Waals surface area contributed by atoms with E-state index >= 15 is 0 Å². The summed E-state index contributed by atoms with van der Waals surface area (Å²) in [6, 6.07) is 9.25. The van der Waals surface area contributed by atoms with Crippen LogP contribution >= 0.6 is 0 Å². The zero-order valence-electron chi connectivity index (χ0n) is 18.7. The van der Waals surface area contributed by atoms with Crippen molar-refractivity contribution in [3.8, 4) is 0 Å². The molecule has 2 N–H and O–H groups in total. The van der Waals surface area contributed by atoms with E-state index in [-0.39, 0.29) is 11.8 Å². The minimum atomic E-state index is -3.14. The van der Waals surface area contributed by atoms with Crippen LogP contribution in [0.2, 0.25) is 0 Å². The van der Waals surface area contributed by atoms with Gasteiger partial charge in [0.1, 0.15) is 5.60 Å². The van der Waals surface area contributed by atoms with Crippen molar-refractivity contribution >= 4 is 21.9 Å². The van der Waals surface area contributed by atoms with Gasteiger partial charge in [0, 0.05) is 26.7 Å². The number of rotatable bonds is 4. The maximum Gasteiger partial charge on any atom is 0.408 e. The third kappa shape index (κ3) is 6.35. The highest BCUT2D eigenvalue weighted by Crippen LogP contribution is 2.24. The molecule has 1 atom stereocenters. The molecule has 168 valence electrons. The maximum absolute atomic E-state index is 12.3. The summed E-state index contributed by atoms with van der Waals surface area (Å²) in [5, 5.41) is 6.19. The first-order chi connectivity index (χ1) is 13.8. The van der Waals surface area contributed by atoms with E-state index in [9.17, 15) is 13.2 Å². The minimum Gasteiger partial charge on any atom is -0.444 e. The van der Waals surface area contributed by atoms with Crippen molar-refractivity contribution in [3.63, 3.8) is 0 Å². The van der Waals surface area contributed by atoms with Crippen LogP contribution in [0, 0.1) is 0 Å². The lowest BCUT2D eigenvalue weighted by atomic mass is 10.1. The molecule has 1 aromatic carbocycles. The Morgan fingerprint density at radius 2 is 1.90 bits per heavy atom. The fraction of sp³-hybridized carbons (Fsp3) is 0.619. The third-order valence-corrected chi connectivity index (χ3v) is 7.45. The monoisotopic (exact) mass is 438 g/mol. The number of carbonyl (C=O) groups excluding carboxylic acids is 1. The number of guanidine groups is 1. The van der Waals surface area contributed by atoms with Crippen LogP contribution in [0.4, 0.5) is 4.79 Å². The Hall–Kier alpha value is -2.29. The van der Waals surface area contributed by atoms with Gasteiger partial charge in [0.15, 0.2) is 15.8 Å². The van der Waals surface area contributed by atoms with Crippen LogP contribution in [0.1, 0.15) is 46.2 Å². The molecule has 1 saturated heterocycles. The van der Waals surface area contributed by atoms with Crippen molar-refractivity contribution in [1.82, 2.24) is 15.5 Å². The van der Waals surface area contributed by atoms with E-state index < -0.39 is 26.3 Å². The van der Waals surface area contributed by atoms with Gasteiger partial charge in [0.05, 0.1) is 16.5 Å². The van der Waals surface area contributed by atoms with Gasteiger partial charge in [0.2, 0.25) is 0 Å². The van der Waals surface area contributed by atoms with Crippen molar-refractivity contribution in [2.45, 2.75) is 51.0 Å². The van der Waals surface area contributed by atoms with Crippen molar-refractivity contribution in [2.75, 3.05) is 32.4 Å². The van der Waals surface area contributed by atoms with E-state index in [1.54, 1.807) is 20.9 Å². The van der Waals surface area contributed by atoms with Crippen molar-refractivity contribution in [3.05, 3.63) is 35.9 Å². The predicted molar refractivity (Wildman–Crippen MR) is 119 cm³/mol. The van der Waals surface area contributed by atoms with Gasteiger partial charge < -0.3 is 20.3 Å². The standard InChI is InChI=1S/C21H34N4O4S/c1-20(2,3)29-19(26)24-17(16-10-8-7-9-11-16)14-23-18(22-6)25-12-13-30(27,28)21(4,5)15-25/h7-11,17H,12-15H2,1-6H3,(H,22,23)(H,24,26). The topological polar surface area (TPSA) is 100 Å². The van der Waals surface area contributed by atoms with Gasteiger partial charge in [0.25, 0.3) is 0 Å². The number of nitrogens with one attached hydrogen (secondary N) is 2. The molecular weight excluding hydrogens is 404 g/mol. The second kappa shape index (κ2) is 9.24. The number of alkyl carbamates (subject to hydrolysis) is 1. The summed E-state index contributed by atoms with van der Waals surface area (Å²) < 4.78 is 29.1. The molecule has 0 bridgehead atoms. The number of carbonyl (C=O) groups is 1. The number of sulfone groups is 1. The molecular formula is C21H34N4O4S. The van der Waals surface area contributed by atoms with E-state index in [1.165, 1.54) is 0 Å². The maximum atomic E-state index is 12.3. The number of hydrogen-bond donors (Lipinski definition) is 2. The van der Waals surface area contributed by atoms with E-state index in [1.807, 2.05) is 56.0 Å². The molecule has 1 heterocycles. The number of nitrogens with zero attached hydrogens (tertiary/aromatic N) is 2. The molecule has 0 saturated carbocycles. The highest BCUT2D eigenvalue weighted by molar-refractivity contribution is 7.92. The van der Waals surface area contributed by atoms with Gasteiger partial charge in [-0.1, -0.05) is 30.3 Å². The molecule has 9 heteroatoms. The molecule has 0 spiro atoms. The summed E-state index contributed by atoms with van der Waals surface area (Å²) in [4.78, 5) is 18.6. The third-order valence-electron chi connectivity index (χ3n) is 4.91. The summed E-state index contributed by atoms with van der Waals surface area (Å²) >= 11 is 0. The lowest BCUT2D eigenvalue weighted by Gasteiger charge is -2.39. The van der Waals surface area contributed by atoms with Crippen molar-refractivity contribution < 1.29 is 17.9 Å². The Kier molecular flexibility index (Phi) is 7.39. The minimum absolute atomic E-state index is 0.0823. The van der Waals surface area contributed by atoms with Crippen LogP contribution in [0.25, 0.3) is 0 Å². The molecule has 0 aliphatic carbocycles. The largest absolute Gasteiger partial charge is 0.444 e. The highest BCUT2D eigenvalue weighted by atomic mass is 32.2. The van der Waals surface area contributed by atoms with Crippen LogP contribution in [0.15, 0.2) is 35.3 Å². The van der Waals surface area contributed by atoms with Gasteiger partial charge in [-0.05, 0) is 40.2 Å². The molecule has 0 radical (unpaired) electrons. The summed E-state index contributed by atoms with van der Waals surface area (Å²) in [5.41, 5.74) is 0.326. The summed E-state index contributed by atoms with van der Waals surface area (Å²) in [7, 11) is -1.48. The second-order valence-corrected chi connectivity index (χ2v) is 11.8. The van der Waals surface area contributed by atoms with Crippen molar-refractivity contribution in [2.24, 2.45) is 4.99 Å². The summed E-state index contributed by atoms with van der Waals surface area (Å²) in [6.45, 7) is 10.0.